The molecule has 136 valence electrons. The van der Waals surface area contributed by atoms with Crippen LogP contribution in [-0.4, -0.2) is 15.9 Å². The summed E-state index contributed by atoms with van der Waals surface area (Å²) in [5.74, 6) is 0.340. The molecule has 1 unspecified atom stereocenters. The molecule has 0 spiro atoms. The van der Waals surface area contributed by atoms with Gasteiger partial charge in [-0.2, -0.15) is 0 Å². The van der Waals surface area contributed by atoms with E-state index >= 15 is 0 Å². The molecular formula is C18H21Cl3N2O2. The average molecular weight is 404 g/mol. The zero-order valence-corrected chi connectivity index (χ0v) is 16.5. The van der Waals surface area contributed by atoms with E-state index in [1.807, 2.05) is 12.1 Å². The maximum atomic E-state index is 12.5. The number of rotatable bonds is 5. The highest BCUT2D eigenvalue weighted by Gasteiger charge is 2.34. The molecule has 25 heavy (non-hydrogen) atoms. The van der Waals surface area contributed by atoms with E-state index in [1.165, 1.54) is 0 Å². The molecule has 0 saturated heterocycles. The van der Waals surface area contributed by atoms with Gasteiger partial charge in [0.25, 0.3) is 5.91 Å². The van der Waals surface area contributed by atoms with E-state index in [-0.39, 0.29) is 11.3 Å². The minimum Gasteiger partial charge on any atom is -0.468 e. The number of carbonyl (C=O) groups is 1. The number of furan rings is 1. The van der Waals surface area contributed by atoms with Crippen LogP contribution in [0.5, 0.6) is 0 Å². The molecule has 0 aliphatic rings. The summed E-state index contributed by atoms with van der Waals surface area (Å²) in [4.78, 5) is 12.5. The Bertz CT molecular complexity index is 687. The number of alkyl halides is 3. The topological polar surface area (TPSA) is 54.3 Å². The first kappa shape index (κ1) is 20.1. The average Bonchev–Trinajstić information content (AvgIpc) is 3.02. The van der Waals surface area contributed by atoms with Gasteiger partial charge in [-0.15, -0.1) is 0 Å². The number of amides is 1. The Balaban J connectivity index is 2.05. The molecule has 1 atom stereocenters. The summed E-state index contributed by atoms with van der Waals surface area (Å²) in [5, 5.41) is 5.68. The molecule has 0 aliphatic carbocycles. The van der Waals surface area contributed by atoms with E-state index in [4.69, 9.17) is 39.2 Å². The standard InChI is InChI=1S/C18H21Cl3N2O2/c1-17(2,3)13-8-6-12(7-9-13)15(24)23-16(18(19,20)21)22-11-14-5-4-10-25-14/h4-10,16,22H,11H2,1-3H3,(H,23,24). The van der Waals surface area contributed by atoms with Crippen molar-refractivity contribution >= 4 is 40.7 Å². The van der Waals surface area contributed by atoms with Gasteiger partial charge in [0.1, 0.15) is 11.9 Å². The summed E-state index contributed by atoms with van der Waals surface area (Å²) >= 11 is 17.9. The van der Waals surface area contributed by atoms with Crippen LogP contribution in [0.15, 0.2) is 47.1 Å². The molecule has 1 aromatic carbocycles. The predicted octanol–water partition coefficient (Wildman–Crippen LogP) is 4.79. The lowest BCUT2D eigenvalue weighted by Crippen LogP contribution is -2.53. The van der Waals surface area contributed by atoms with E-state index in [0.29, 0.717) is 17.9 Å². The maximum absolute atomic E-state index is 12.5. The molecule has 7 heteroatoms. The zero-order chi connectivity index (χ0) is 18.7. The van der Waals surface area contributed by atoms with Gasteiger partial charge in [-0.3, -0.25) is 10.1 Å². The van der Waals surface area contributed by atoms with Gasteiger partial charge in [0.15, 0.2) is 0 Å². The van der Waals surface area contributed by atoms with Crippen molar-refractivity contribution in [2.45, 2.75) is 42.7 Å². The van der Waals surface area contributed by atoms with Gasteiger partial charge in [-0.25, -0.2) is 0 Å². The lowest BCUT2D eigenvalue weighted by molar-refractivity contribution is 0.0928. The molecule has 0 saturated carbocycles. The number of hydrogen-bond donors (Lipinski definition) is 2. The van der Waals surface area contributed by atoms with Gasteiger partial charge in [0.05, 0.1) is 12.8 Å². The van der Waals surface area contributed by atoms with Gasteiger partial charge in [-0.1, -0.05) is 67.7 Å². The van der Waals surface area contributed by atoms with Crippen LogP contribution in [0.25, 0.3) is 0 Å². The number of carbonyl (C=O) groups excluding carboxylic acids is 1. The third-order valence-electron chi connectivity index (χ3n) is 3.68. The molecule has 1 heterocycles. The molecule has 2 N–H and O–H groups in total. The van der Waals surface area contributed by atoms with Crippen molar-refractivity contribution in [2.24, 2.45) is 0 Å². The Morgan fingerprint density at radius 1 is 1.12 bits per heavy atom. The highest BCUT2D eigenvalue weighted by atomic mass is 35.6. The van der Waals surface area contributed by atoms with Crippen LogP contribution >= 0.6 is 34.8 Å². The summed E-state index contributed by atoms with van der Waals surface area (Å²) in [6.07, 6.45) is 0.675. The quantitative estimate of drug-likeness (QED) is 0.557. The zero-order valence-electron chi connectivity index (χ0n) is 14.3. The first-order chi connectivity index (χ1) is 11.6. The minimum atomic E-state index is -1.71. The molecule has 4 nitrogen and oxygen atoms in total. The van der Waals surface area contributed by atoms with Crippen molar-refractivity contribution in [1.82, 2.24) is 10.6 Å². The van der Waals surface area contributed by atoms with Crippen LogP contribution in [0.4, 0.5) is 0 Å². The largest absolute Gasteiger partial charge is 0.468 e. The van der Waals surface area contributed by atoms with Crippen molar-refractivity contribution in [3.8, 4) is 0 Å². The Morgan fingerprint density at radius 2 is 1.76 bits per heavy atom. The first-order valence-corrected chi connectivity index (χ1v) is 8.94. The fraction of sp³-hybridized carbons (Fsp3) is 0.389. The minimum absolute atomic E-state index is 0.0136. The molecule has 2 rings (SSSR count). The van der Waals surface area contributed by atoms with Crippen molar-refractivity contribution < 1.29 is 9.21 Å². The Hall–Kier alpha value is -1.20. The number of benzene rings is 1. The normalized spacial score (nSPS) is 13.5. The van der Waals surface area contributed by atoms with Gasteiger partial charge in [0, 0.05) is 5.56 Å². The monoisotopic (exact) mass is 402 g/mol. The van der Waals surface area contributed by atoms with Crippen molar-refractivity contribution in [2.75, 3.05) is 0 Å². The summed E-state index contributed by atoms with van der Waals surface area (Å²) in [6, 6.07) is 10.9. The van der Waals surface area contributed by atoms with Gasteiger partial charge in [-0.05, 0) is 35.2 Å². The highest BCUT2D eigenvalue weighted by molar-refractivity contribution is 6.68. The smallest absolute Gasteiger partial charge is 0.252 e. The van der Waals surface area contributed by atoms with Crippen LogP contribution in [0.3, 0.4) is 0 Å². The fourth-order valence-corrected chi connectivity index (χ4v) is 2.60. The highest BCUT2D eigenvalue weighted by Crippen LogP contribution is 2.29. The third-order valence-corrected chi connectivity index (χ3v) is 4.33. The van der Waals surface area contributed by atoms with Gasteiger partial charge in [0.2, 0.25) is 3.79 Å². The van der Waals surface area contributed by atoms with E-state index < -0.39 is 9.96 Å². The van der Waals surface area contributed by atoms with E-state index in [9.17, 15) is 4.79 Å². The van der Waals surface area contributed by atoms with Crippen LogP contribution in [-0.2, 0) is 12.0 Å². The van der Waals surface area contributed by atoms with Crippen molar-refractivity contribution in [3.05, 3.63) is 59.5 Å². The fourth-order valence-electron chi connectivity index (χ4n) is 2.20. The van der Waals surface area contributed by atoms with Gasteiger partial charge >= 0.3 is 0 Å². The third kappa shape index (κ3) is 5.93. The van der Waals surface area contributed by atoms with Crippen LogP contribution < -0.4 is 10.6 Å². The van der Waals surface area contributed by atoms with E-state index in [0.717, 1.165) is 5.56 Å². The summed E-state index contributed by atoms with van der Waals surface area (Å²) in [6.45, 7) is 6.65. The summed E-state index contributed by atoms with van der Waals surface area (Å²) in [7, 11) is 0. The second kappa shape index (κ2) is 8.00. The first-order valence-electron chi connectivity index (χ1n) is 7.81. The summed E-state index contributed by atoms with van der Waals surface area (Å²) in [5.41, 5.74) is 1.64. The Labute approximate surface area is 162 Å². The lowest BCUT2D eigenvalue weighted by Gasteiger charge is -2.26. The second-order valence-corrected chi connectivity index (χ2v) is 9.10. The van der Waals surface area contributed by atoms with Gasteiger partial charge < -0.3 is 9.73 Å². The van der Waals surface area contributed by atoms with Crippen LogP contribution in [0, 0.1) is 0 Å². The molecular weight excluding hydrogens is 383 g/mol. The molecule has 0 radical (unpaired) electrons. The summed E-state index contributed by atoms with van der Waals surface area (Å²) < 4.78 is 3.51. The molecule has 2 aromatic rings. The lowest BCUT2D eigenvalue weighted by atomic mass is 9.87. The molecule has 1 amide bonds. The molecule has 0 fully saturated rings. The Kier molecular flexibility index (Phi) is 6.44. The van der Waals surface area contributed by atoms with E-state index in [1.54, 1.807) is 30.5 Å². The SMILES string of the molecule is CC(C)(C)c1ccc(C(=O)NC(NCc2ccco2)C(Cl)(Cl)Cl)cc1. The molecule has 1 aromatic heterocycles. The number of hydrogen-bond acceptors (Lipinski definition) is 3. The van der Waals surface area contributed by atoms with Crippen molar-refractivity contribution in [1.29, 1.82) is 0 Å². The maximum Gasteiger partial charge on any atom is 0.252 e. The Morgan fingerprint density at radius 3 is 2.24 bits per heavy atom. The number of nitrogens with one attached hydrogen (secondary N) is 2. The van der Waals surface area contributed by atoms with Crippen molar-refractivity contribution in [3.63, 3.8) is 0 Å². The molecule has 0 bridgehead atoms. The van der Waals surface area contributed by atoms with Crippen LogP contribution in [0.1, 0.15) is 42.5 Å². The second-order valence-electron chi connectivity index (χ2n) is 6.74. The van der Waals surface area contributed by atoms with E-state index in [2.05, 4.69) is 31.4 Å². The van der Waals surface area contributed by atoms with Crippen LogP contribution in [0.2, 0.25) is 0 Å². The predicted molar refractivity (Wildman–Crippen MR) is 102 cm³/mol. The number of halogens is 3. The molecule has 0 aliphatic heterocycles.